The fourth-order valence-electron chi connectivity index (χ4n) is 3.10. The zero-order chi connectivity index (χ0) is 18.5. The first-order valence-corrected chi connectivity index (χ1v) is 8.67. The van der Waals surface area contributed by atoms with E-state index in [4.69, 9.17) is 20.9 Å². The molecule has 28 heavy (non-hydrogen) atoms. The molecule has 0 saturated heterocycles. The molecule has 0 aromatic heterocycles. The van der Waals surface area contributed by atoms with E-state index in [2.05, 4.69) is 0 Å². The normalized spacial score (nSPS) is 18.1. The molecule has 1 aliphatic rings. The van der Waals surface area contributed by atoms with Gasteiger partial charge in [-0.3, -0.25) is 0 Å². The number of nitrogens with two attached hydrogens (primary N) is 2. The summed E-state index contributed by atoms with van der Waals surface area (Å²) in [5, 5.41) is 0. The van der Waals surface area contributed by atoms with Gasteiger partial charge in [-0.25, -0.2) is 9.59 Å². The molecule has 0 radical (unpaired) electrons. The van der Waals surface area contributed by atoms with Crippen molar-refractivity contribution in [1.82, 2.24) is 0 Å². The Morgan fingerprint density at radius 3 is 1.43 bits per heavy atom. The van der Waals surface area contributed by atoms with Gasteiger partial charge in [0.25, 0.3) is 0 Å². The molecule has 4 N–H and O–H groups in total. The van der Waals surface area contributed by atoms with Gasteiger partial charge in [-0.05, 0) is 49.9 Å². The Balaban J connectivity index is 0.00000196. The van der Waals surface area contributed by atoms with Gasteiger partial charge in [0.1, 0.15) is 12.2 Å². The van der Waals surface area contributed by atoms with E-state index in [1.807, 2.05) is 0 Å². The Morgan fingerprint density at radius 2 is 1.07 bits per heavy atom. The Kier molecular flexibility index (Phi) is 9.09. The third kappa shape index (κ3) is 5.53. The zero-order valence-corrected chi connectivity index (χ0v) is 16.8. The smallest absolute Gasteiger partial charge is 0.340 e. The lowest BCUT2D eigenvalue weighted by molar-refractivity contribution is -0.0513. The summed E-state index contributed by atoms with van der Waals surface area (Å²) in [5.74, 6) is -1.01. The number of para-hydroxylation sites is 2. The predicted molar refractivity (Wildman–Crippen MR) is 113 cm³/mol. The van der Waals surface area contributed by atoms with Gasteiger partial charge in [0.2, 0.25) is 0 Å². The highest BCUT2D eigenvalue weighted by molar-refractivity contribution is 5.96. The number of carbonyl (C=O) groups excluding carboxylic acids is 2. The number of nitrogen functional groups attached to an aromatic ring is 2. The van der Waals surface area contributed by atoms with Gasteiger partial charge in [-0.2, -0.15) is 0 Å². The topological polar surface area (TPSA) is 105 Å². The summed E-state index contributed by atoms with van der Waals surface area (Å²) in [6.45, 7) is 0. The van der Waals surface area contributed by atoms with Crippen LogP contribution in [0.2, 0.25) is 0 Å². The van der Waals surface area contributed by atoms with Crippen LogP contribution in [-0.2, 0) is 9.47 Å². The summed E-state index contributed by atoms with van der Waals surface area (Å²) in [6, 6.07) is 13.5. The first kappa shape index (κ1) is 23.6. The van der Waals surface area contributed by atoms with Gasteiger partial charge < -0.3 is 20.9 Å². The maximum Gasteiger partial charge on any atom is 0.340 e. The number of benzene rings is 2. The van der Waals surface area contributed by atoms with E-state index >= 15 is 0 Å². The monoisotopic (exact) mass is 426 g/mol. The predicted octanol–water partition coefficient (Wildman–Crippen LogP) is 4.02. The third-order valence-electron chi connectivity index (χ3n) is 4.52. The fourth-order valence-corrected chi connectivity index (χ4v) is 3.10. The summed E-state index contributed by atoms with van der Waals surface area (Å²) >= 11 is 0. The molecular formula is C20H24Cl2N2O4. The summed E-state index contributed by atoms with van der Waals surface area (Å²) < 4.78 is 11.2. The molecule has 8 heteroatoms. The van der Waals surface area contributed by atoms with E-state index < -0.39 is 24.1 Å². The molecule has 1 aliphatic carbocycles. The molecule has 1 fully saturated rings. The quantitative estimate of drug-likeness (QED) is 0.564. The minimum atomic E-state index is -0.504. The maximum atomic E-state index is 12.4. The third-order valence-corrected chi connectivity index (χ3v) is 4.52. The van der Waals surface area contributed by atoms with Crippen LogP contribution in [0, 0.1) is 0 Å². The molecule has 3 rings (SSSR count). The van der Waals surface area contributed by atoms with E-state index in [-0.39, 0.29) is 24.8 Å². The number of rotatable bonds is 4. The van der Waals surface area contributed by atoms with Crippen LogP contribution in [0.1, 0.15) is 46.4 Å². The van der Waals surface area contributed by atoms with Crippen molar-refractivity contribution >= 4 is 48.1 Å². The molecule has 0 bridgehead atoms. The lowest BCUT2D eigenvalue weighted by atomic mass is 9.94. The highest BCUT2D eigenvalue weighted by Crippen LogP contribution is 2.27. The summed E-state index contributed by atoms with van der Waals surface area (Å²) in [5.41, 5.74) is 13.0. The molecule has 0 heterocycles. The van der Waals surface area contributed by atoms with Crippen LogP contribution in [0.5, 0.6) is 0 Å². The van der Waals surface area contributed by atoms with Crippen molar-refractivity contribution in [2.75, 3.05) is 11.5 Å². The molecule has 2 aromatic carbocycles. The average Bonchev–Trinajstić information content (AvgIpc) is 2.64. The largest absolute Gasteiger partial charge is 0.455 e. The maximum absolute atomic E-state index is 12.4. The first-order valence-electron chi connectivity index (χ1n) is 8.67. The Hall–Kier alpha value is -2.44. The molecule has 2 atom stereocenters. The molecule has 0 amide bonds. The summed E-state index contributed by atoms with van der Waals surface area (Å²) in [4.78, 5) is 24.9. The lowest BCUT2D eigenvalue weighted by Gasteiger charge is -2.31. The minimum Gasteiger partial charge on any atom is -0.455 e. The number of hydrogen-bond donors (Lipinski definition) is 2. The molecule has 0 spiro atoms. The SMILES string of the molecule is Cl.Cl.Nc1ccccc1C(=O)O[C@@H]1CCCC[C@H]1OC(=O)c1ccccc1N. The number of halogens is 2. The van der Waals surface area contributed by atoms with Crippen molar-refractivity contribution in [3.8, 4) is 0 Å². The van der Waals surface area contributed by atoms with Crippen LogP contribution in [-0.4, -0.2) is 24.1 Å². The van der Waals surface area contributed by atoms with Crippen molar-refractivity contribution in [2.45, 2.75) is 37.9 Å². The van der Waals surface area contributed by atoms with Gasteiger partial charge in [-0.15, -0.1) is 24.8 Å². The fraction of sp³-hybridized carbons (Fsp3) is 0.300. The average molecular weight is 427 g/mol. The molecule has 0 aliphatic heterocycles. The number of carbonyl (C=O) groups is 2. The summed E-state index contributed by atoms with van der Waals surface area (Å²) in [6.07, 6.45) is 2.10. The van der Waals surface area contributed by atoms with E-state index in [0.717, 1.165) is 12.8 Å². The molecule has 2 aromatic rings. The molecule has 6 nitrogen and oxygen atoms in total. The number of hydrogen-bond acceptors (Lipinski definition) is 6. The van der Waals surface area contributed by atoms with E-state index in [0.29, 0.717) is 35.3 Å². The van der Waals surface area contributed by atoms with E-state index in [1.165, 1.54) is 0 Å². The number of anilines is 2. The standard InChI is InChI=1S/C20H22N2O4.2ClH/c21-15-9-3-1-7-13(15)19(23)25-17-11-5-6-12-18(17)26-20(24)14-8-2-4-10-16(14)22;;/h1-4,7-10,17-18H,5-6,11-12,21-22H2;2*1H/t17-,18-;;/m1../s1. The van der Waals surface area contributed by atoms with Crippen molar-refractivity contribution in [3.05, 3.63) is 59.7 Å². The van der Waals surface area contributed by atoms with Crippen LogP contribution in [0.4, 0.5) is 11.4 Å². The van der Waals surface area contributed by atoms with Crippen molar-refractivity contribution in [2.24, 2.45) is 0 Å². The molecule has 1 saturated carbocycles. The number of esters is 2. The van der Waals surface area contributed by atoms with Gasteiger partial charge >= 0.3 is 11.9 Å². The molecule has 152 valence electrons. The molecular weight excluding hydrogens is 403 g/mol. The lowest BCUT2D eigenvalue weighted by Crippen LogP contribution is -2.38. The second kappa shape index (κ2) is 10.8. The van der Waals surface area contributed by atoms with Crippen LogP contribution < -0.4 is 11.5 Å². The van der Waals surface area contributed by atoms with E-state index in [1.54, 1.807) is 48.5 Å². The van der Waals surface area contributed by atoms with Gasteiger partial charge in [-0.1, -0.05) is 24.3 Å². The van der Waals surface area contributed by atoms with Crippen LogP contribution in [0.25, 0.3) is 0 Å². The highest BCUT2D eigenvalue weighted by Gasteiger charge is 2.32. The van der Waals surface area contributed by atoms with Crippen LogP contribution in [0.15, 0.2) is 48.5 Å². The molecule has 0 unspecified atom stereocenters. The Labute approximate surface area is 176 Å². The Morgan fingerprint density at radius 1 is 0.714 bits per heavy atom. The summed E-state index contributed by atoms with van der Waals surface area (Å²) in [7, 11) is 0. The van der Waals surface area contributed by atoms with Crippen LogP contribution >= 0.6 is 24.8 Å². The van der Waals surface area contributed by atoms with Gasteiger partial charge in [0.05, 0.1) is 11.1 Å². The van der Waals surface area contributed by atoms with Crippen molar-refractivity contribution in [3.63, 3.8) is 0 Å². The van der Waals surface area contributed by atoms with E-state index in [9.17, 15) is 9.59 Å². The van der Waals surface area contributed by atoms with Gasteiger partial charge in [0, 0.05) is 11.4 Å². The second-order valence-corrected chi connectivity index (χ2v) is 6.35. The second-order valence-electron chi connectivity index (χ2n) is 6.35. The van der Waals surface area contributed by atoms with Crippen molar-refractivity contribution < 1.29 is 19.1 Å². The first-order chi connectivity index (χ1) is 12.6. The number of ether oxygens (including phenoxy) is 2. The minimum absolute atomic E-state index is 0. The van der Waals surface area contributed by atoms with Crippen molar-refractivity contribution in [1.29, 1.82) is 0 Å². The Bertz CT molecular complexity index is 749. The van der Waals surface area contributed by atoms with Gasteiger partial charge in [0.15, 0.2) is 0 Å². The zero-order valence-electron chi connectivity index (χ0n) is 15.2. The van der Waals surface area contributed by atoms with Crippen LogP contribution in [0.3, 0.4) is 0 Å². The highest BCUT2D eigenvalue weighted by atomic mass is 35.5.